The van der Waals surface area contributed by atoms with Crippen molar-refractivity contribution in [1.29, 1.82) is 0 Å². The Morgan fingerprint density at radius 3 is 2.89 bits per heavy atom. The Hall–Kier alpha value is -2.04. The van der Waals surface area contributed by atoms with Crippen molar-refractivity contribution in [2.75, 3.05) is 12.8 Å². The SMILES string of the molecule is COc1cnccc1-c1onc(N)c1CC(C)C. The first-order chi connectivity index (χ1) is 8.63. The molecular formula is C13H17N3O2. The molecule has 0 saturated heterocycles. The summed E-state index contributed by atoms with van der Waals surface area (Å²) in [6, 6.07) is 1.84. The molecule has 0 saturated carbocycles. The Balaban J connectivity index is 2.50. The number of hydrogen-bond donors (Lipinski definition) is 1. The highest BCUT2D eigenvalue weighted by Crippen LogP contribution is 2.34. The van der Waals surface area contributed by atoms with E-state index in [1.807, 2.05) is 6.07 Å². The highest BCUT2D eigenvalue weighted by Gasteiger charge is 2.19. The van der Waals surface area contributed by atoms with E-state index in [1.165, 1.54) is 0 Å². The Labute approximate surface area is 106 Å². The zero-order valence-electron chi connectivity index (χ0n) is 10.8. The molecule has 0 aliphatic carbocycles. The van der Waals surface area contributed by atoms with Crippen LogP contribution in [0.3, 0.4) is 0 Å². The number of nitrogen functional groups attached to an aromatic ring is 1. The summed E-state index contributed by atoms with van der Waals surface area (Å²) in [6.07, 6.45) is 4.15. The second-order valence-electron chi connectivity index (χ2n) is 4.55. The quantitative estimate of drug-likeness (QED) is 0.898. The molecule has 2 N–H and O–H groups in total. The fourth-order valence-corrected chi connectivity index (χ4v) is 1.87. The van der Waals surface area contributed by atoms with E-state index in [9.17, 15) is 0 Å². The molecule has 2 rings (SSSR count). The van der Waals surface area contributed by atoms with E-state index >= 15 is 0 Å². The van der Waals surface area contributed by atoms with Crippen LogP contribution in [0.4, 0.5) is 5.82 Å². The maximum absolute atomic E-state index is 5.86. The molecule has 0 radical (unpaired) electrons. The fraction of sp³-hybridized carbons (Fsp3) is 0.385. The van der Waals surface area contributed by atoms with Crippen LogP contribution >= 0.6 is 0 Å². The topological polar surface area (TPSA) is 74.2 Å². The van der Waals surface area contributed by atoms with Crippen LogP contribution in [-0.2, 0) is 6.42 Å². The summed E-state index contributed by atoms with van der Waals surface area (Å²) >= 11 is 0. The minimum atomic E-state index is 0.442. The summed E-state index contributed by atoms with van der Waals surface area (Å²) in [4.78, 5) is 4.02. The summed E-state index contributed by atoms with van der Waals surface area (Å²) in [6.45, 7) is 4.25. The largest absolute Gasteiger partial charge is 0.494 e. The number of methoxy groups -OCH3 is 1. The maximum Gasteiger partial charge on any atom is 0.176 e. The Morgan fingerprint density at radius 1 is 1.44 bits per heavy atom. The number of ether oxygens (including phenoxy) is 1. The van der Waals surface area contributed by atoms with Gasteiger partial charge in [-0.25, -0.2) is 0 Å². The fourth-order valence-electron chi connectivity index (χ4n) is 1.87. The lowest BCUT2D eigenvalue weighted by Gasteiger charge is -2.08. The smallest absolute Gasteiger partial charge is 0.176 e. The van der Waals surface area contributed by atoms with E-state index in [-0.39, 0.29) is 0 Å². The summed E-state index contributed by atoms with van der Waals surface area (Å²) in [5.74, 6) is 2.23. The predicted molar refractivity (Wildman–Crippen MR) is 69.2 cm³/mol. The summed E-state index contributed by atoms with van der Waals surface area (Å²) in [5, 5.41) is 3.85. The van der Waals surface area contributed by atoms with Gasteiger partial charge in [-0.1, -0.05) is 19.0 Å². The zero-order chi connectivity index (χ0) is 13.1. The van der Waals surface area contributed by atoms with Gasteiger partial charge in [0.05, 0.1) is 18.9 Å². The Kier molecular flexibility index (Phi) is 3.50. The molecule has 0 atom stereocenters. The van der Waals surface area contributed by atoms with Crippen LogP contribution in [-0.4, -0.2) is 17.3 Å². The predicted octanol–water partition coefficient (Wildman–Crippen LogP) is 2.53. The van der Waals surface area contributed by atoms with E-state index in [2.05, 4.69) is 24.0 Å². The van der Waals surface area contributed by atoms with Gasteiger partial charge in [0.25, 0.3) is 0 Å². The minimum absolute atomic E-state index is 0.442. The molecule has 0 aromatic carbocycles. The molecule has 0 unspecified atom stereocenters. The average Bonchev–Trinajstić information content (AvgIpc) is 2.70. The molecule has 0 fully saturated rings. The van der Waals surface area contributed by atoms with Crippen LogP contribution in [0.1, 0.15) is 19.4 Å². The third-order valence-corrected chi connectivity index (χ3v) is 2.68. The van der Waals surface area contributed by atoms with Gasteiger partial charge in [0, 0.05) is 11.8 Å². The van der Waals surface area contributed by atoms with E-state index in [0.29, 0.717) is 23.2 Å². The zero-order valence-corrected chi connectivity index (χ0v) is 10.8. The van der Waals surface area contributed by atoms with Crippen molar-refractivity contribution in [1.82, 2.24) is 10.1 Å². The number of aromatic nitrogens is 2. The monoisotopic (exact) mass is 247 g/mol. The van der Waals surface area contributed by atoms with Gasteiger partial charge in [0.1, 0.15) is 5.75 Å². The molecule has 0 aliphatic rings. The normalized spacial score (nSPS) is 10.9. The van der Waals surface area contributed by atoms with Crippen molar-refractivity contribution in [2.45, 2.75) is 20.3 Å². The first-order valence-corrected chi connectivity index (χ1v) is 5.85. The van der Waals surface area contributed by atoms with Crippen molar-refractivity contribution in [3.8, 4) is 17.1 Å². The summed E-state index contributed by atoms with van der Waals surface area (Å²) in [7, 11) is 1.60. The van der Waals surface area contributed by atoms with Gasteiger partial charge in [-0.3, -0.25) is 4.98 Å². The van der Waals surface area contributed by atoms with Gasteiger partial charge >= 0.3 is 0 Å². The molecule has 96 valence electrons. The number of anilines is 1. The molecule has 0 amide bonds. The second kappa shape index (κ2) is 5.08. The summed E-state index contributed by atoms with van der Waals surface area (Å²) < 4.78 is 10.6. The molecule has 2 heterocycles. The van der Waals surface area contributed by atoms with Gasteiger partial charge in [0.15, 0.2) is 11.6 Å². The minimum Gasteiger partial charge on any atom is -0.494 e. The standard InChI is InChI=1S/C13H17N3O2/c1-8(2)6-10-12(18-16-13(10)14)9-4-5-15-7-11(9)17-3/h4-5,7-8H,6H2,1-3H3,(H2,14,16). The molecule has 0 spiro atoms. The second-order valence-corrected chi connectivity index (χ2v) is 4.55. The van der Waals surface area contributed by atoms with E-state index < -0.39 is 0 Å². The first-order valence-electron chi connectivity index (χ1n) is 5.85. The third kappa shape index (κ3) is 2.30. The van der Waals surface area contributed by atoms with Gasteiger partial charge < -0.3 is 15.0 Å². The van der Waals surface area contributed by atoms with Crippen LogP contribution in [0.2, 0.25) is 0 Å². The van der Waals surface area contributed by atoms with E-state index in [0.717, 1.165) is 17.5 Å². The van der Waals surface area contributed by atoms with Crippen molar-refractivity contribution >= 4 is 5.82 Å². The van der Waals surface area contributed by atoms with Crippen LogP contribution in [0.5, 0.6) is 5.75 Å². The van der Waals surface area contributed by atoms with Crippen molar-refractivity contribution in [2.24, 2.45) is 5.92 Å². The molecule has 2 aromatic rings. The molecule has 18 heavy (non-hydrogen) atoms. The Morgan fingerprint density at radius 2 is 2.22 bits per heavy atom. The van der Waals surface area contributed by atoms with E-state index in [4.69, 9.17) is 15.0 Å². The maximum atomic E-state index is 5.86. The lowest BCUT2D eigenvalue weighted by Crippen LogP contribution is -1.99. The average molecular weight is 247 g/mol. The highest BCUT2D eigenvalue weighted by molar-refractivity contribution is 5.71. The van der Waals surface area contributed by atoms with Crippen LogP contribution in [0.15, 0.2) is 23.0 Å². The van der Waals surface area contributed by atoms with Gasteiger partial charge in [-0.15, -0.1) is 0 Å². The van der Waals surface area contributed by atoms with Crippen LogP contribution < -0.4 is 10.5 Å². The number of nitrogens with two attached hydrogens (primary N) is 1. The lowest BCUT2D eigenvalue weighted by molar-refractivity contribution is 0.405. The Bertz CT molecular complexity index is 535. The van der Waals surface area contributed by atoms with Crippen LogP contribution in [0, 0.1) is 5.92 Å². The van der Waals surface area contributed by atoms with Crippen LogP contribution in [0.25, 0.3) is 11.3 Å². The van der Waals surface area contributed by atoms with Crippen molar-refractivity contribution in [3.05, 3.63) is 24.0 Å². The molecule has 5 heteroatoms. The van der Waals surface area contributed by atoms with Crippen molar-refractivity contribution < 1.29 is 9.26 Å². The molecule has 0 bridgehead atoms. The number of pyridine rings is 1. The number of nitrogens with zero attached hydrogens (tertiary/aromatic N) is 2. The van der Waals surface area contributed by atoms with Crippen molar-refractivity contribution in [3.63, 3.8) is 0 Å². The molecule has 0 aliphatic heterocycles. The highest BCUT2D eigenvalue weighted by atomic mass is 16.5. The summed E-state index contributed by atoms with van der Waals surface area (Å²) in [5.41, 5.74) is 7.61. The molecule has 2 aromatic heterocycles. The molecule has 5 nitrogen and oxygen atoms in total. The van der Waals surface area contributed by atoms with Gasteiger partial charge in [-0.2, -0.15) is 0 Å². The number of rotatable bonds is 4. The lowest BCUT2D eigenvalue weighted by atomic mass is 10.00. The number of hydrogen-bond acceptors (Lipinski definition) is 5. The third-order valence-electron chi connectivity index (χ3n) is 2.68. The first kappa shape index (κ1) is 12.4. The molecular weight excluding hydrogens is 230 g/mol. The van der Waals surface area contributed by atoms with Gasteiger partial charge in [0.2, 0.25) is 0 Å². The van der Waals surface area contributed by atoms with Gasteiger partial charge in [-0.05, 0) is 18.4 Å². The van der Waals surface area contributed by atoms with E-state index in [1.54, 1.807) is 19.5 Å².